The second-order valence-corrected chi connectivity index (χ2v) is 8.00. The molecule has 1 aromatic carbocycles. The van der Waals surface area contributed by atoms with Crippen LogP contribution in [-0.4, -0.2) is 22.5 Å². The Morgan fingerprint density at radius 3 is 2.86 bits per heavy atom. The van der Waals surface area contributed by atoms with E-state index in [1.807, 2.05) is 35.7 Å². The quantitative estimate of drug-likeness (QED) is 0.722. The first-order valence-corrected chi connectivity index (χ1v) is 10.0. The Labute approximate surface area is 137 Å². The standard InChI is InChI=1S/C17H27NOS2/c1-3-5-8-12-20-16-13-21-15-10-7-6-9-14(15)19-17(16,18)11-4-2/h6-7,9-10,16H,3-5,8,11-13,18H2,1-2H3. The number of hydrogen-bond acceptors (Lipinski definition) is 4. The summed E-state index contributed by atoms with van der Waals surface area (Å²) in [7, 11) is 0. The Hall–Kier alpha value is -0.320. The molecular formula is C17H27NOS2. The maximum atomic E-state index is 6.69. The Morgan fingerprint density at radius 1 is 1.29 bits per heavy atom. The highest BCUT2D eigenvalue weighted by Crippen LogP contribution is 2.41. The molecule has 0 radical (unpaired) electrons. The van der Waals surface area contributed by atoms with Crippen LogP contribution in [0.3, 0.4) is 0 Å². The van der Waals surface area contributed by atoms with Crippen molar-refractivity contribution in [3.05, 3.63) is 24.3 Å². The third-order valence-electron chi connectivity index (χ3n) is 3.79. The van der Waals surface area contributed by atoms with Gasteiger partial charge in [-0.15, -0.1) is 11.8 Å². The smallest absolute Gasteiger partial charge is 0.171 e. The SMILES string of the molecule is CCCCCSC1CSc2ccccc2OC1(N)CCC. The van der Waals surface area contributed by atoms with Crippen molar-refractivity contribution in [3.8, 4) is 5.75 Å². The van der Waals surface area contributed by atoms with Crippen molar-refractivity contribution in [2.24, 2.45) is 5.73 Å². The first-order chi connectivity index (χ1) is 10.2. The highest BCUT2D eigenvalue weighted by atomic mass is 32.2. The third kappa shape index (κ3) is 4.57. The topological polar surface area (TPSA) is 35.2 Å². The molecule has 2 atom stereocenters. The maximum Gasteiger partial charge on any atom is 0.171 e. The minimum atomic E-state index is -0.536. The molecule has 0 saturated heterocycles. The van der Waals surface area contributed by atoms with Crippen molar-refractivity contribution in [2.45, 2.75) is 61.8 Å². The Balaban J connectivity index is 2.09. The summed E-state index contributed by atoms with van der Waals surface area (Å²) >= 11 is 3.88. The predicted molar refractivity (Wildman–Crippen MR) is 95.4 cm³/mol. The zero-order valence-corrected chi connectivity index (χ0v) is 14.8. The van der Waals surface area contributed by atoms with Gasteiger partial charge >= 0.3 is 0 Å². The highest BCUT2D eigenvalue weighted by molar-refractivity contribution is 8.03. The number of fused-ring (bicyclic) bond motifs is 1. The third-order valence-corrected chi connectivity index (χ3v) is 6.64. The number of thioether (sulfide) groups is 2. The Morgan fingerprint density at radius 2 is 2.10 bits per heavy atom. The molecular weight excluding hydrogens is 298 g/mol. The zero-order valence-electron chi connectivity index (χ0n) is 13.1. The van der Waals surface area contributed by atoms with Crippen LogP contribution in [0.15, 0.2) is 29.2 Å². The first kappa shape index (κ1) is 17.0. The number of benzene rings is 1. The summed E-state index contributed by atoms with van der Waals surface area (Å²) in [6, 6.07) is 8.28. The van der Waals surface area contributed by atoms with E-state index in [0.29, 0.717) is 5.25 Å². The molecule has 1 heterocycles. The van der Waals surface area contributed by atoms with Crippen molar-refractivity contribution in [2.75, 3.05) is 11.5 Å². The van der Waals surface area contributed by atoms with Crippen molar-refractivity contribution in [1.29, 1.82) is 0 Å². The van der Waals surface area contributed by atoms with Gasteiger partial charge in [-0.1, -0.05) is 45.2 Å². The maximum absolute atomic E-state index is 6.69. The fraction of sp³-hybridized carbons (Fsp3) is 0.647. The molecule has 2 nitrogen and oxygen atoms in total. The van der Waals surface area contributed by atoms with E-state index in [9.17, 15) is 0 Å². The molecule has 0 aliphatic carbocycles. The second-order valence-electron chi connectivity index (χ2n) is 5.63. The van der Waals surface area contributed by atoms with Gasteiger partial charge in [0.05, 0.1) is 5.25 Å². The van der Waals surface area contributed by atoms with Crippen LogP contribution in [0.2, 0.25) is 0 Å². The first-order valence-electron chi connectivity index (χ1n) is 8.01. The Kier molecular flexibility index (Phi) is 6.77. The molecule has 4 heteroatoms. The summed E-state index contributed by atoms with van der Waals surface area (Å²) < 4.78 is 6.29. The number of para-hydroxylation sites is 1. The lowest BCUT2D eigenvalue weighted by atomic mass is 10.1. The molecule has 21 heavy (non-hydrogen) atoms. The average Bonchev–Trinajstić information content (AvgIpc) is 2.61. The van der Waals surface area contributed by atoms with Gasteiger partial charge in [-0.05, 0) is 24.3 Å². The fourth-order valence-electron chi connectivity index (χ4n) is 2.60. The molecule has 2 rings (SSSR count). The number of unbranched alkanes of at least 4 members (excludes halogenated alkanes) is 2. The van der Waals surface area contributed by atoms with Gasteiger partial charge < -0.3 is 4.74 Å². The molecule has 0 spiro atoms. The number of rotatable bonds is 7. The molecule has 0 amide bonds. The normalized spacial score (nSPS) is 25.0. The molecule has 1 aliphatic rings. The van der Waals surface area contributed by atoms with Crippen molar-refractivity contribution in [3.63, 3.8) is 0 Å². The summed E-state index contributed by atoms with van der Waals surface area (Å²) in [6.45, 7) is 4.43. The van der Waals surface area contributed by atoms with Gasteiger partial charge in [0.25, 0.3) is 0 Å². The van der Waals surface area contributed by atoms with Crippen molar-refractivity contribution < 1.29 is 4.74 Å². The minimum Gasteiger partial charge on any atom is -0.471 e. The van der Waals surface area contributed by atoms with E-state index in [1.54, 1.807) is 0 Å². The lowest BCUT2D eigenvalue weighted by molar-refractivity contribution is 0.0668. The van der Waals surface area contributed by atoms with Crippen LogP contribution in [0.5, 0.6) is 5.75 Å². The molecule has 2 N–H and O–H groups in total. The molecule has 0 fully saturated rings. The van der Waals surface area contributed by atoms with Crippen molar-refractivity contribution in [1.82, 2.24) is 0 Å². The number of hydrogen-bond donors (Lipinski definition) is 1. The summed E-state index contributed by atoms with van der Waals surface area (Å²) in [5, 5.41) is 0.353. The molecule has 1 aliphatic heterocycles. The summed E-state index contributed by atoms with van der Waals surface area (Å²) in [6.07, 6.45) is 5.81. The number of nitrogens with two attached hydrogens (primary N) is 1. The van der Waals surface area contributed by atoms with Crippen LogP contribution in [0.25, 0.3) is 0 Å². The van der Waals surface area contributed by atoms with E-state index in [1.165, 1.54) is 29.9 Å². The van der Waals surface area contributed by atoms with E-state index < -0.39 is 5.72 Å². The van der Waals surface area contributed by atoms with E-state index in [4.69, 9.17) is 10.5 Å². The molecule has 0 aromatic heterocycles. The van der Waals surface area contributed by atoms with Crippen LogP contribution in [0.4, 0.5) is 0 Å². The number of ether oxygens (including phenoxy) is 1. The van der Waals surface area contributed by atoms with Gasteiger partial charge in [0, 0.05) is 17.1 Å². The largest absolute Gasteiger partial charge is 0.471 e. The Bertz CT molecular complexity index is 441. The summed E-state index contributed by atoms with van der Waals surface area (Å²) in [5.41, 5.74) is 6.15. The second kappa shape index (κ2) is 8.35. The van der Waals surface area contributed by atoms with E-state index in [0.717, 1.165) is 24.3 Å². The summed E-state index contributed by atoms with van der Waals surface area (Å²) in [5.74, 6) is 3.17. The van der Waals surface area contributed by atoms with Crippen LogP contribution in [0.1, 0.15) is 46.0 Å². The van der Waals surface area contributed by atoms with Gasteiger partial charge in [-0.3, -0.25) is 5.73 Å². The zero-order chi connectivity index (χ0) is 15.1. The van der Waals surface area contributed by atoms with E-state index >= 15 is 0 Å². The average molecular weight is 326 g/mol. The molecule has 0 bridgehead atoms. The lowest BCUT2D eigenvalue weighted by Gasteiger charge is -2.35. The lowest BCUT2D eigenvalue weighted by Crippen LogP contribution is -2.55. The summed E-state index contributed by atoms with van der Waals surface area (Å²) in [4.78, 5) is 1.22. The van der Waals surface area contributed by atoms with E-state index in [-0.39, 0.29) is 0 Å². The highest BCUT2D eigenvalue weighted by Gasteiger charge is 2.39. The molecule has 118 valence electrons. The van der Waals surface area contributed by atoms with Gasteiger partial charge in [-0.25, -0.2) is 0 Å². The molecule has 1 aromatic rings. The molecule has 2 unspecified atom stereocenters. The van der Waals surface area contributed by atoms with Gasteiger partial charge in [-0.2, -0.15) is 11.8 Å². The monoisotopic (exact) mass is 325 g/mol. The predicted octanol–water partition coefficient (Wildman–Crippen LogP) is 4.92. The van der Waals surface area contributed by atoms with Gasteiger partial charge in [0.2, 0.25) is 0 Å². The van der Waals surface area contributed by atoms with Gasteiger partial charge in [0.1, 0.15) is 5.75 Å². The molecule has 0 saturated carbocycles. The van der Waals surface area contributed by atoms with Crippen LogP contribution < -0.4 is 10.5 Å². The van der Waals surface area contributed by atoms with E-state index in [2.05, 4.69) is 26.0 Å². The minimum absolute atomic E-state index is 0.353. The van der Waals surface area contributed by atoms with Crippen LogP contribution in [0, 0.1) is 0 Å². The van der Waals surface area contributed by atoms with Crippen LogP contribution in [-0.2, 0) is 0 Å². The van der Waals surface area contributed by atoms with Crippen LogP contribution >= 0.6 is 23.5 Å². The fourth-order valence-corrected chi connectivity index (χ4v) is 5.33. The van der Waals surface area contributed by atoms with Gasteiger partial charge in [0.15, 0.2) is 5.72 Å². The van der Waals surface area contributed by atoms with Crippen molar-refractivity contribution >= 4 is 23.5 Å².